The first-order valence-electron chi connectivity index (χ1n) is 17.8. The van der Waals surface area contributed by atoms with Gasteiger partial charge in [-0.15, -0.1) is 0 Å². The van der Waals surface area contributed by atoms with Crippen LogP contribution in [0.3, 0.4) is 0 Å². The number of carbonyl (C=O) groups excluding carboxylic acids is 2. The van der Waals surface area contributed by atoms with Crippen molar-refractivity contribution in [2.75, 3.05) is 13.2 Å². The lowest BCUT2D eigenvalue weighted by Gasteiger charge is -2.62. The van der Waals surface area contributed by atoms with E-state index in [1.54, 1.807) is 31.2 Å². The van der Waals surface area contributed by atoms with Crippen LogP contribution < -0.4 is 0 Å². The van der Waals surface area contributed by atoms with E-state index in [2.05, 4.69) is 13.5 Å². The van der Waals surface area contributed by atoms with E-state index in [1.165, 1.54) is 0 Å². The fourth-order valence-corrected chi connectivity index (χ4v) is 11.5. The number of carbonyl (C=O) groups is 2. The van der Waals surface area contributed by atoms with Crippen molar-refractivity contribution in [3.05, 3.63) is 48.0 Å². The third-order valence-electron chi connectivity index (χ3n) is 13.5. The van der Waals surface area contributed by atoms with Crippen molar-refractivity contribution in [1.29, 1.82) is 0 Å². The fraction of sp³-hybridized carbons (Fsp3) is 0.730. The lowest BCUT2D eigenvalue weighted by atomic mass is 9.50. The number of hydrogen-bond donors (Lipinski definition) is 2. The predicted molar refractivity (Wildman–Crippen MR) is 166 cm³/mol. The highest BCUT2D eigenvalue weighted by molar-refractivity contribution is 5.89. The summed E-state index contributed by atoms with van der Waals surface area (Å²) in [6, 6.07) is 8.83. The maximum atomic E-state index is 14.4. The van der Waals surface area contributed by atoms with Gasteiger partial charge in [0, 0.05) is 37.0 Å². The molecule has 1 aromatic carbocycles. The molecular weight excluding hydrogens is 620 g/mol. The van der Waals surface area contributed by atoms with Gasteiger partial charge in [-0.05, 0) is 43.4 Å². The Morgan fingerprint density at radius 2 is 1.77 bits per heavy atom. The first-order chi connectivity index (χ1) is 22.9. The van der Waals surface area contributed by atoms with Crippen molar-refractivity contribution in [2.45, 2.75) is 125 Å². The van der Waals surface area contributed by atoms with E-state index in [0.717, 1.165) is 44.1 Å². The van der Waals surface area contributed by atoms with Crippen LogP contribution in [0.5, 0.6) is 0 Å². The SMILES string of the molecule is C=C(C)C12CC(COC(=O)c3ccccc3)C34OC5(CCCCCCCC(C)C6C3C3(OC6(C)OC3=O)C(O)C3(CO)OC3C4C1O5)O2. The molecule has 2 aliphatic carbocycles. The van der Waals surface area contributed by atoms with Gasteiger partial charge in [0.05, 0.1) is 24.4 Å². The van der Waals surface area contributed by atoms with E-state index >= 15 is 0 Å². The largest absolute Gasteiger partial charge is 0.462 e. The van der Waals surface area contributed by atoms with Crippen molar-refractivity contribution in [2.24, 2.45) is 29.6 Å². The molecule has 9 rings (SSSR count). The van der Waals surface area contributed by atoms with Crippen LogP contribution in [0.15, 0.2) is 42.5 Å². The minimum Gasteiger partial charge on any atom is -0.462 e. The highest BCUT2D eigenvalue weighted by Gasteiger charge is 2.94. The Bertz CT molecular complexity index is 1550. The topological polar surface area (TPSA) is 143 Å². The molecule has 5 bridgehead atoms. The number of aliphatic hydroxyl groups excluding tert-OH is 2. The summed E-state index contributed by atoms with van der Waals surface area (Å²) in [6.45, 7) is 9.66. The molecule has 8 fully saturated rings. The van der Waals surface area contributed by atoms with Gasteiger partial charge < -0.3 is 43.4 Å². The molecule has 260 valence electrons. The Kier molecular flexibility index (Phi) is 6.66. The van der Waals surface area contributed by atoms with Gasteiger partial charge >= 0.3 is 11.9 Å². The average molecular weight is 667 g/mol. The zero-order valence-electron chi connectivity index (χ0n) is 27.9. The Morgan fingerprint density at radius 1 is 1.02 bits per heavy atom. The molecule has 14 unspecified atom stereocenters. The van der Waals surface area contributed by atoms with Crippen LogP contribution in [0.1, 0.15) is 82.5 Å². The maximum absolute atomic E-state index is 14.4. The van der Waals surface area contributed by atoms with Crippen LogP contribution >= 0.6 is 0 Å². The summed E-state index contributed by atoms with van der Waals surface area (Å²) in [4.78, 5) is 27.9. The second kappa shape index (κ2) is 10.1. The molecule has 6 heterocycles. The van der Waals surface area contributed by atoms with E-state index in [0.29, 0.717) is 18.4 Å². The summed E-state index contributed by atoms with van der Waals surface area (Å²) in [5.74, 6) is -6.37. The Balaban J connectivity index is 1.29. The summed E-state index contributed by atoms with van der Waals surface area (Å²) in [5.41, 5.74) is -4.63. The van der Waals surface area contributed by atoms with E-state index in [9.17, 15) is 19.8 Å². The Labute approximate surface area is 280 Å². The minimum atomic E-state index is -1.91. The molecule has 0 radical (unpaired) electrons. The van der Waals surface area contributed by atoms with Gasteiger partial charge in [0.1, 0.15) is 29.5 Å². The molecule has 14 atom stereocenters. The lowest BCUT2D eigenvalue weighted by molar-refractivity contribution is -0.436. The number of aliphatic hydroxyl groups is 2. The summed E-state index contributed by atoms with van der Waals surface area (Å²) in [7, 11) is 0. The van der Waals surface area contributed by atoms with E-state index in [-0.39, 0.29) is 12.5 Å². The van der Waals surface area contributed by atoms with Crippen molar-refractivity contribution < 1.29 is 53.0 Å². The highest BCUT2D eigenvalue weighted by atomic mass is 16.9. The first kappa shape index (κ1) is 31.6. The van der Waals surface area contributed by atoms with Gasteiger partial charge in [-0.2, -0.15) is 0 Å². The maximum Gasteiger partial charge on any atom is 0.344 e. The van der Waals surface area contributed by atoms with E-state index in [1.807, 2.05) is 13.0 Å². The fourth-order valence-electron chi connectivity index (χ4n) is 11.5. The molecule has 11 heteroatoms. The predicted octanol–water partition coefficient (Wildman–Crippen LogP) is 3.79. The summed E-state index contributed by atoms with van der Waals surface area (Å²) >= 11 is 0. The number of hydrogen-bond acceptors (Lipinski definition) is 11. The van der Waals surface area contributed by atoms with Crippen LogP contribution in [0.2, 0.25) is 0 Å². The molecule has 2 saturated carbocycles. The molecule has 8 aliphatic rings. The third kappa shape index (κ3) is 3.69. The number of ether oxygens (including phenoxy) is 7. The van der Waals surface area contributed by atoms with Gasteiger partial charge in [-0.3, -0.25) is 0 Å². The van der Waals surface area contributed by atoms with Gasteiger partial charge in [0.15, 0.2) is 0 Å². The van der Waals surface area contributed by atoms with Gasteiger partial charge in [0.25, 0.3) is 5.97 Å². The quantitative estimate of drug-likeness (QED) is 0.269. The summed E-state index contributed by atoms with van der Waals surface area (Å²) in [6.07, 6.45) is 3.55. The summed E-state index contributed by atoms with van der Waals surface area (Å²) < 4.78 is 47.0. The third-order valence-corrected chi connectivity index (χ3v) is 13.5. The van der Waals surface area contributed by atoms with Crippen LogP contribution in [0, 0.1) is 29.6 Å². The smallest absolute Gasteiger partial charge is 0.344 e. The van der Waals surface area contributed by atoms with E-state index in [4.69, 9.17) is 33.2 Å². The number of benzene rings is 1. The number of fused-ring (bicyclic) bond motifs is 3. The Hall–Kier alpha value is -2.38. The van der Waals surface area contributed by atoms with Crippen molar-refractivity contribution >= 4 is 11.9 Å². The minimum absolute atomic E-state index is 0.000293. The van der Waals surface area contributed by atoms with Gasteiger partial charge in [-0.1, -0.05) is 63.8 Å². The lowest BCUT2D eigenvalue weighted by Crippen LogP contribution is -2.75. The average Bonchev–Trinajstić information content (AvgIpc) is 3.57. The molecule has 3 spiro atoms. The zero-order valence-corrected chi connectivity index (χ0v) is 27.9. The molecule has 2 N–H and O–H groups in total. The number of epoxide rings is 1. The summed E-state index contributed by atoms with van der Waals surface area (Å²) in [5, 5.41) is 23.5. The van der Waals surface area contributed by atoms with Crippen molar-refractivity contribution in [3.63, 3.8) is 0 Å². The second-order valence-corrected chi connectivity index (χ2v) is 16.0. The molecule has 6 saturated heterocycles. The van der Waals surface area contributed by atoms with Crippen LogP contribution in [0.4, 0.5) is 0 Å². The normalized spacial score (nSPS) is 52.6. The first-order valence-corrected chi connectivity index (χ1v) is 17.8. The second-order valence-electron chi connectivity index (χ2n) is 16.0. The van der Waals surface area contributed by atoms with Gasteiger partial charge in [-0.25, -0.2) is 9.59 Å². The zero-order chi connectivity index (χ0) is 33.5. The molecule has 1 aromatic rings. The number of rotatable bonds is 5. The molecule has 48 heavy (non-hydrogen) atoms. The molecule has 0 amide bonds. The molecule has 0 aromatic heterocycles. The highest BCUT2D eigenvalue weighted by Crippen LogP contribution is 2.77. The number of esters is 2. The standard InChI is InChI=1S/C37H46O11/c1-20(2)33-17-23(18-42-29(39)22-14-10-8-11-15-22)36-25-27(33)44-35(47-33,48-36)16-12-7-5-6-9-13-21(3)24-26(36)37(31(41)45-32(24,4)46-37)30(40)34(19-38)28(25)43-34/h8,10-11,14-15,21,23-28,30,38,40H,1,5-7,9,12-13,16-19H2,2-4H3. The molecule has 6 aliphatic heterocycles. The van der Waals surface area contributed by atoms with E-state index < -0.39 is 94.7 Å². The van der Waals surface area contributed by atoms with Crippen LogP contribution in [-0.2, 0) is 38.0 Å². The van der Waals surface area contributed by atoms with Crippen LogP contribution in [-0.4, -0.2) is 87.8 Å². The molecule has 11 nitrogen and oxygen atoms in total. The van der Waals surface area contributed by atoms with Crippen molar-refractivity contribution in [3.8, 4) is 0 Å². The van der Waals surface area contributed by atoms with Crippen LogP contribution in [0.25, 0.3) is 0 Å². The van der Waals surface area contributed by atoms with Crippen molar-refractivity contribution in [1.82, 2.24) is 0 Å². The van der Waals surface area contributed by atoms with Gasteiger partial charge in [0.2, 0.25) is 11.4 Å². The molecular formula is C37H46O11. The monoisotopic (exact) mass is 666 g/mol. The Morgan fingerprint density at radius 3 is 2.52 bits per heavy atom.